The normalized spacial score (nSPS) is 16.4. The van der Waals surface area contributed by atoms with Crippen molar-refractivity contribution in [1.82, 2.24) is 14.9 Å². The van der Waals surface area contributed by atoms with E-state index in [1.807, 2.05) is 7.05 Å². The van der Waals surface area contributed by atoms with E-state index in [-0.39, 0.29) is 16.5 Å². The molecule has 0 saturated heterocycles. The van der Waals surface area contributed by atoms with E-state index in [4.69, 9.17) is 0 Å². The molecule has 1 N–H and O–H groups in total. The van der Waals surface area contributed by atoms with Gasteiger partial charge in [-0.05, 0) is 44.7 Å². The molecule has 31 heavy (non-hydrogen) atoms. The Morgan fingerprint density at radius 2 is 2.03 bits per heavy atom. The number of hydrogen-bond donors (Lipinski definition) is 1. The molecule has 0 saturated carbocycles. The average Bonchev–Trinajstić information content (AvgIpc) is 3.06. The van der Waals surface area contributed by atoms with Crippen molar-refractivity contribution in [1.29, 1.82) is 5.26 Å². The molecular weight excluding hydrogens is 447 g/mol. The van der Waals surface area contributed by atoms with Gasteiger partial charge in [-0.25, -0.2) is 9.97 Å². The zero-order valence-corrected chi connectivity index (χ0v) is 18.4. The Kier molecular flexibility index (Phi) is 6.23. The predicted molar refractivity (Wildman–Crippen MR) is 112 cm³/mol. The summed E-state index contributed by atoms with van der Waals surface area (Å²) < 4.78 is 40.4. The van der Waals surface area contributed by atoms with Crippen molar-refractivity contribution in [3.63, 3.8) is 0 Å². The molecule has 0 spiro atoms. The van der Waals surface area contributed by atoms with E-state index >= 15 is 0 Å². The lowest BCUT2D eigenvalue weighted by atomic mass is 9.94. The van der Waals surface area contributed by atoms with E-state index in [1.165, 1.54) is 11.3 Å². The van der Waals surface area contributed by atoms with E-state index in [9.17, 15) is 23.2 Å². The van der Waals surface area contributed by atoms with E-state index in [1.54, 1.807) is 0 Å². The van der Waals surface area contributed by atoms with Crippen LogP contribution < -0.4 is 5.32 Å². The summed E-state index contributed by atoms with van der Waals surface area (Å²) in [5.41, 5.74) is 1.18. The van der Waals surface area contributed by atoms with E-state index in [0.29, 0.717) is 35.5 Å². The average molecular weight is 468 g/mol. The van der Waals surface area contributed by atoms with Gasteiger partial charge in [0.25, 0.3) is 0 Å². The second-order valence-electron chi connectivity index (χ2n) is 7.63. The molecule has 0 radical (unpaired) electrons. The van der Waals surface area contributed by atoms with Gasteiger partial charge in [-0.15, -0.1) is 11.3 Å². The van der Waals surface area contributed by atoms with Crippen LogP contribution in [0.4, 0.5) is 18.2 Å². The summed E-state index contributed by atoms with van der Waals surface area (Å²) in [5, 5.41) is 12.7. The second-order valence-corrected chi connectivity index (χ2v) is 9.68. The SMILES string of the molecule is CN1CCc2c(sc(NC(=O)CSc3nc4c(c(C(F)(F)F)n3)CCCC4)c2C#N)C1. The van der Waals surface area contributed by atoms with Crippen molar-refractivity contribution in [2.75, 3.05) is 24.7 Å². The zero-order chi connectivity index (χ0) is 22.2. The Balaban J connectivity index is 1.48. The molecule has 11 heteroatoms. The Labute approximate surface area is 185 Å². The number of halogens is 3. The summed E-state index contributed by atoms with van der Waals surface area (Å²) in [6.07, 6.45) is -1.50. The van der Waals surface area contributed by atoms with Crippen LogP contribution in [0.3, 0.4) is 0 Å². The first-order valence-electron chi connectivity index (χ1n) is 9.89. The number of thiophene rings is 1. The molecule has 1 amide bonds. The second kappa shape index (κ2) is 8.76. The van der Waals surface area contributed by atoms with Crippen molar-refractivity contribution in [3.8, 4) is 6.07 Å². The number of carbonyl (C=O) groups excluding carboxylic acids is 1. The molecule has 3 heterocycles. The maximum Gasteiger partial charge on any atom is 0.433 e. The van der Waals surface area contributed by atoms with Crippen LogP contribution in [-0.4, -0.2) is 40.1 Å². The van der Waals surface area contributed by atoms with Crippen molar-refractivity contribution in [3.05, 3.63) is 33.0 Å². The first-order valence-corrected chi connectivity index (χ1v) is 11.7. The van der Waals surface area contributed by atoms with Gasteiger partial charge in [0, 0.05) is 29.2 Å². The molecule has 0 atom stereocenters. The van der Waals surface area contributed by atoms with Gasteiger partial charge in [0.1, 0.15) is 11.1 Å². The minimum atomic E-state index is -4.55. The number of nitrogens with one attached hydrogen (secondary N) is 1. The zero-order valence-electron chi connectivity index (χ0n) is 16.8. The topological polar surface area (TPSA) is 81.9 Å². The largest absolute Gasteiger partial charge is 0.433 e. The highest BCUT2D eigenvalue weighted by molar-refractivity contribution is 7.99. The van der Waals surface area contributed by atoms with Crippen molar-refractivity contribution in [2.45, 2.75) is 50.0 Å². The van der Waals surface area contributed by atoms with Gasteiger partial charge >= 0.3 is 6.18 Å². The fourth-order valence-electron chi connectivity index (χ4n) is 3.90. The predicted octanol–water partition coefficient (Wildman–Crippen LogP) is 4.03. The lowest BCUT2D eigenvalue weighted by molar-refractivity contribution is -0.142. The first kappa shape index (κ1) is 22.0. The van der Waals surface area contributed by atoms with Crippen LogP contribution in [0.1, 0.15) is 45.8 Å². The number of rotatable bonds is 4. The van der Waals surface area contributed by atoms with Gasteiger partial charge in [-0.2, -0.15) is 18.4 Å². The minimum absolute atomic E-state index is 0.0456. The number of aromatic nitrogens is 2. The summed E-state index contributed by atoms with van der Waals surface area (Å²) in [4.78, 5) is 23.7. The van der Waals surface area contributed by atoms with Gasteiger partial charge in [0.05, 0.1) is 11.3 Å². The maximum absolute atomic E-state index is 13.5. The molecule has 0 bridgehead atoms. The molecule has 2 aliphatic rings. The van der Waals surface area contributed by atoms with Crippen LogP contribution in [0, 0.1) is 11.3 Å². The Hall–Kier alpha value is -2.16. The number of nitrogens with zero attached hydrogens (tertiary/aromatic N) is 4. The fraction of sp³-hybridized carbons (Fsp3) is 0.500. The van der Waals surface area contributed by atoms with Gasteiger partial charge in [0.2, 0.25) is 5.91 Å². The Morgan fingerprint density at radius 3 is 2.77 bits per heavy atom. The maximum atomic E-state index is 13.5. The number of hydrogen-bond acceptors (Lipinski definition) is 7. The van der Waals surface area contributed by atoms with Crippen LogP contribution in [0.15, 0.2) is 5.16 Å². The molecule has 1 aliphatic heterocycles. The minimum Gasteiger partial charge on any atom is -0.316 e. The fourth-order valence-corrected chi connectivity index (χ4v) is 5.86. The number of nitriles is 1. The molecule has 0 unspecified atom stereocenters. The number of amides is 1. The monoisotopic (exact) mass is 467 g/mol. The summed E-state index contributed by atoms with van der Waals surface area (Å²) >= 11 is 2.26. The third kappa shape index (κ3) is 4.71. The molecule has 164 valence electrons. The molecule has 4 rings (SSSR count). The van der Waals surface area contributed by atoms with Gasteiger partial charge in [0.15, 0.2) is 10.9 Å². The molecule has 2 aromatic rings. The van der Waals surface area contributed by atoms with Crippen molar-refractivity contribution >= 4 is 34.0 Å². The third-order valence-corrected chi connectivity index (χ3v) is 7.36. The van der Waals surface area contributed by atoms with Crippen LogP contribution >= 0.6 is 23.1 Å². The van der Waals surface area contributed by atoms with Crippen molar-refractivity contribution in [2.24, 2.45) is 0 Å². The van der Waals surface area contributed by atoms with E-state index in [2.05, 4.69) is 26.3 Å². The lowest BCUT2D eigenvalue weighted by Crippen LogP contribution is -2.25. The van der Waals surface area contributed by atoms with E-state index < -0.39 is 17.8 Å². The lowest BCUT2D eigenvalue weighted by Gasteiger charge is -2.21. The number of anilines is 1. The summed E-state index contributed by atoms with van der Waals surface area (Å²) in [6, 6.07) is 2.18. The number of likely N-dealkylation sites (N-methyl/N-ethyl adjacent to an activating group) is 1. The van der Waals surface area contributed by atoms with Gasteiger partial charge in [-0.1, -0.05) is 11.8 Å². The highest BCUT2D eigenvalue weighted by Crippen LogP contribution is 2.37. The third-order valence-electron chi connectivity index (χ3n) is 5.38. The highest BCUT2D eigenvalue weighted by Gasteiger charge is 2.38. The quantitative estimate of drug-likeness (QED) is 0.540. The van der Waals surface area contributed by atoms with Crippen LogP contribution in [0.25, 0.3) is 0 Å². The molecule has 0 fully saturated rings. The number of aryl methyl sites for hydroxylation is 1. The number of thioether (sulfide) groups is 1. The molecule has 1 aliphatic carbocycles. The Morgan fingerprint density at radius 1 is 1.26 bits per heavy atom. The number of carbonyl (C=O) groups is 1. The van der Waals surface area contributed by atoms with Crippen LogP contribution in [0.5, 0.6) is 0 Å². The molecule has 6 nitrogen and oxygen atoms in total. The standard InChI is InChI=1S/C20H20F3N5OS2/c1-28-7-6-11-13(8-24)18(31-15(11)9-28)26-16(29)10-30-19-25-14-5-3-2-4-12(14)17(27-19)20(21,22)23/h2-7,9-10H2,1H3,(H,26,29). The summed E-state index contributed by atoms with van der Waals surface area (Å²) in [7, 11) is 2.00. The summed E-state index contributed by atoms with van der Waals surface area (Å²) in [5.74, 6) is -0.535. The smallest absolute Gasteiger partial charge is 0.316 e. The Bertz CT molecular complexity index is 1060. The van der Waals surface area contributed by atoms with Gasteiger partial charge < -0.3 is 10.2 Å². The van der Waals surface area contributed by atoms with Gasteiger partial charge in [-0.3, -0.25) is 4.79 Å². The van der Waals surface area contributed by atoms with Crippen molar-refractivity contribution < 1.29 is 18.0 Å². The number of alkyl halides is 3. The molecule has 2 aromatic heterocycles. The first-order chi connectivity index (χ1) is 14.8. The van der Waals surface area contributed by atoms with Crippen LogP contribution in [-0.2, 0) is 36.8 Å². The molecule has 0 aromatic carbocycles. The number of fused-ring (bicyclic) bond motifs is 2. The van der Waals surface area contributed by atoms with Crippen LogP contribution in [0.2, 0.25) is 0 Å². The highest BCUT2D eigenvalue weighted by atomic mass is 32.2. The molecular formula is C20H20F3N5OS2. The summed E-state index contributed by atoms with van der Waals surface area (Å²) in [6.45, 7) is 1.57. The van der Waals surface area contributed by atoms with E-state index in [0.717, 1.165) is 48.1 Å².